The third kappa shape index (κ3) is 3.00. The third-order valence-electron chi connectivity index (χ3n) is 3.89. The Kier molecular flexibility index (Phi) is 3.85. The molecular weight excluding hydrogens is 352 g/mol. The summed E-state index contributed by atoms with van der Waals surface area (Å²) >= 11 is 0. The van der Waals surface area contributed by atoms with Gasteiger partial charge in [0.1, 0.15) is 5.75 Å². The second-order valence-electron chi connectivity index (χ2n) is 5.68. The van der Waals surface area contributed by atoms with E-state index >= 15 is 0 Å². The van der Waals surface area contributed by atoms with Gasteiger partial charge < -0.3 is 10.1 Å². The number of carbonyl (C=O) groups excluding carboxylic acids is 1. The van der Waals surface area contributed by atoms with Crippen LogP contribution in [0, 0.1) is 0 Å². The molecule has 2 N–H and O–H groups in total. The van der Waals surface area contributed by atoms with Crippen LogP contribution in [0.15, 0.2) is 77.7 Å². The van der Waals surface area contributed by atoms with E-state index in [1.807, 2.05) is 0 Å². The van der Waals surface area contributed by atoms with Crippen LogP contribution in [0.2, 0.25) is 0 Å². The van der Waals surface area contributed by atoms with Crippen molar-refractivity contribution in [3.05, 3.63) is 78.4 Å². The maximum Gasteiger partial charge on any atom is 0.261 e. The van der Waals surface area contributed by atoms with Crippen LogP contribution in [0.5, 0.6) is 11.5 Å². The van der Waals surface area contributed by atoms with Gasteiger partial charge in [-0.2, -0.15) is 0 Å². The van der Waals surface area contributed by atoms with Crippen LogP contribution in [0.3, 0.4) is 0 Å². The van der Waals surface area contributed by atoms with Gasteiger partial charge in [-0.15, -0.1) is 0 Å². The molecule has 3 aromatic carbocycles. The molecule has 0 saturated carbocycles. The summed E-state index contributed by atoms with van der Waals surface area (Å²) in [7, 11) is -3.74. The van der Waals surface area contributed by atoms with Crippen LogP contribution in [-0.2, 0) is 10.0 Å². The maximum absolute atomic E-state index is 12.5. The molecule has 0 saturated heterocycles. The number of carbonyl (C=O) groups is 1. The topological polar surface area (TPSA) is 84.5 Å². The van der Waals surface area contributed by atoms with E-state index in [2.05, 4.69) is 10.0 Å². The molecule has 1 aliphatic heterocycles. The van der Waals surface area contributed by atoms with Crippen molar-refractivity contribution in [1.82, 2.24) is 0 Å². The van der Waals surface area contributed by atoms with Gasteiger partial charge in [-0.3, -0.25) is 9.52 Å². The van der Waals surface area contributed by atoms with E-state index < -0.39 is 10.0 Å². The molecule has 3 aromatic rings. The Morgan fingerprint density at radius 3 is 2.38 bits per heavy atom. The number of rotatable bonds is 3. The number of nitrogens with one attached hydrogen (secondary N) is 2. The fourth-order valence-corrected chi connectivity index (χ4v) is 3.71. The van der Waals surface area contributed by atoms with E-state index in [-0.39, 0.29) is 22.1 Å². The molecule has 130 valence electrons. The summed E-state index contributed by atoms with van der Waals surface area (Å²) in [5, 5.41) is 2.76. The number of fused-ring (bicyclic) bond motifs is 2. The average Bonchev–Trinajstić information content (AvgIpc) is 2.78. The minimum absolute atomic E-state index is 0.142. The van der Waals surface area contributed by atoms with Crippen LogP contribution in [0.4, 0.5) is 11.4 Å². The van der Waals surface area contributed by atoms with E-state index in [9.17, 15) is 13.2 Å². The maximum atomic E-state index is 12.5. The lowest BCUT2D eigenvalue weighted by Gasteiger charge is -2.11. The molecule has 0 radical (unpaired) electrons. The largest absolute Gasteiger partial charge is 0.454 e. The third-order valence-corrected chi connectivity index (χ3v) is 5.28. The lowest BCUT2D eigenvalue weighted by Crippen LogP contribution is -2.14. The number of amides is 1. The van der Waals surface area contributed by atoms with E-state index in [1.54, 1.807) is 54.6 Å². The van der Waals surface area contributed by atoms with Gasteiger partial charge in [0.25, 0.3) is 15.9 Å². The van der Waals surface area contributed by atoms with E-state index in [1.165, 1.54) is 18.2 Å². The highest BCUT2D eigenvalue weighted by Crippen LogP contribution is 2.36. The summed E-state index contributed by atoms with van der Waals surface area (Å²) in [5.74, 6) is 0.512. The molecule has 6 nitrogen and oxygen atoms in total. The lowest BCUT2D eigenvalue weighted by molar-refractivity contribution is 0.102. The Morgan fingerprint density at radius 2 is 1.58 bits per heavy atom. The van der Waals surface area contributed by atoms with Crippen LogP contribution in [0.25, 0.3) is 0 Å². The van der Waals surface area contributed by atoms with Crippen molar-refractivity contribution >= 4 is 27.3 Å². The van der Waals surface area contributed by atoms with Crippen molar-refractivity contribution in [3.8, 4) is 11.5 Å². The predicted molar refractivity (Wildman–Crippen MR) is 98.2 cm³/mol. The molecule has 1 heterocycles. The van der Waals surface area contributed by atoms with Crippen LogP contribution in [-0.4, -0.2) is 14.3 Å². The normalized spacial score (nSPS) is 12.8. The first-order chi connectivity index (χ1) is 12.5. The summed E-state index contributed by atoms with van der Waals surface area (Å²) in [6.45, 7) is 0. The first-order valence-corrected chi connectivity index (χ1v) is 9.31. The number of hydrogen-bond acceptors (Lipinski definition) is 4. The molecule has 0 aliphatic carbocycles. The van der Waals surface area contributed by atoms with Crippen LogP contribution in [0.1, 0.15) is 10.4 Å². The molecule has 7 heteroatoms. The van der Waals surface area contributed by atoms with Gasteiger partial charge in [-0.1, -0.05) is 30.3 Å². The minimum Gasteiger partial charge on any atom is -0.454 e. The second-order valence-corrected chi connectivity index (χ2v) is 7.36. The summed E-state index contributed by atoms with van der Waals surface area (Å²) in [6, 6.07) is 19.7. The molecule has 0 aromatic heterocycles. The Hall–Kier alpha value is -3.32. The molecule has 4 rings (SSSR count). The monoisotopic (exact) mass is 366 g/mol. The van der Waals surface area contributed by atoms with Crippen LogP contribution >= 0.6 is 0 Å². The van der Waals surface area contributed by atoms with Gasteiger partial charge >= 0.3 is 0 Å². The molecular formula is C19H14N2O4S. The highest BCUT2D eigenvalue weighted by atomic mass is 32.2. The lowest BCUT2D eigenvalue weighted by atomic mass is 10.1. The summed E-state index contributed by atoms with van der Waals surface area (Å²) in [5.41, 5.74) is 1.08. The number of anilines is 2. The first-order valence-electron chi connectivity index (χ1n) is 7.83. The Balaban J connectivity index is 1.68. The van der Waals surface area contributed by atoms with Crippen molar-refractivity contribution in [2.45, 2.75) is 4.90 Å². The molecule has 0 unspecified atom stereocenters. The first kappa shape index (κ1) is 16.2. The Bertz CT molecular complexity index is 1100. The second kappa shape index (κ2) is 6.20. The highest BCUT2D eigenvalue weighted by molar-refractivity contribution is 7.92. The fourth-order valence-electron chi connectivity index (χ4n) is 2.64. The average molecular weight is 366 g/mol. The quantitative estimate of drug-likeness (QED) is 0.737. The van der Waals surface area contributed by atoms with Crippen molar-refractivity contribution in [2.24, 2.45) is 0 Å². The summed E-state index contributed by atoms with van der Waals surface area (Å²) < 4.78 is 33.2. The summed E-state index contributed by atoms with van der Waals surface area (Å²) in [6.07, 6.45) is 0. The zero-order valence-corrected chi connectivity index (χ0v) is 14.3. The van der Waals surface area contributed by atoms with Crippen LogP contribution < -0.4 is 14.8 Å². The Morgan fingerprint density at radius 1 is 0.846 bits per heavy atom. The van der Waals surface area contributed by atoms with Gasteiger partial charge in [0, 0.05) is 5.69 Å². The van der Waals surface area contributed by atoms with E-state index in [0.717, 1.165) is 0 Å². The molecule has 26 heavy (non-hydrogen) atoms. The predicted octanol–water partition coefficient (Wildman–Crippen LogP) is 3.85. The van der Waals surface area contributed by atoms with Gasteiger partial charge in [0.05, 0.1) is 16.1 Å². The molecule has 0 spiro atoms. The number of benzene rings is 3. The van der Waals surface area contributed by atoms with Gasteiger partial charge in [-0.05, 0) is 42.5 Å². The molecule has 0 bridgehead atoms. The van der Waals surface area contributed by atoms with Crippen molar-refractivity contribution in [3.63, 3.8) is 0 Å². The number of para-hydroxylation sites is 2. The Labute approximate surface area is 150 Å². The smallest absolute Gasteiger partial charge is 0.261 e. The zero-order chi connectivity index (χ0) is 18.1. The SMILES string of the molecule is O=C1Nc2ccccc2Oc2ccc(NS(=O)(=O)c3ccccc3)cc21. The molecule has 0 fully saturated rings. The number of sulfonamides is 1. The molecule has 0 atom stereocenters. The molecule has 1 aliphatic rings. The molecule has 1 amide bonds. The van der Waals surface area contributed by atoms with Gasteiger partial charge in [-0.25, -0.2) is 8.42 Å². The number of ether oxygens (including phenoxy) is 1. The van der Waals surface area contributed by atoms with E-state index in [4.69, 9.17) is 4.74 Å². The van der Waals surface area contributed by atoms with E-state index in [0.29, 0.717) is 17.2 Å². The minimum atomic E-state index is -3.74. The van der Waals surface area contributed by atoms with Gasteiger partial charge in [0.2, 0.25) is 0 Å². The zero-order valence-electron chi connectivity index (χ0n) is 13.5. The number of hydrogen-bond donors (Lipinski definition) is 2. The van der Waals surface area contributed by atoms with Crippen molar-refractivity contribution < 1.29 is 17.9 Å². The van der Waals surface area contributed by atoms with Crippen molar-refractivity contribution in [2.75, 3.05) is 10.0 Å². The van der Waals surface area contributed by atoms with Crippen molar-refractivity contribution in [1.29, 1.82) is 0 Å². The standard InChI is InChI=1S/C19H14N2O4S/c22-19-15-12-13(21-26(23,24)14-6-2-1-3-7-14)10-11-17(15)25-18-9-5-4-8-16(18)20-19/h1-12,21H,(H,20,22). The highest BCUT2D eigenvalue weighted by Gasteiger charge is 2.22. The fraction of sp³-hybridized carbons (Fsp3) is 0. The summed E-state index contributed by atoms with van der Waals surface area (Å²) in [4.78, 5) is 12.6. The van der Waals surface area contributed by atoms with Gasteiger partial charge in [0.15, 0.2) is 5.75 Å².